The van der Waals surface area contributed by atoms with E-state index in [0.717, 1.165) is 45.6 Å². The lowest BCUT2D eigenvalue weighted by molar-refractivity contribution is 0.289. The van der Waals surface area contributed by atoms with E-state index < -0.39 is 0 Å². The summed E-state index contributed by atoms with van der Waals surface area (Å²) in [4.78, 5) is 17.8. The van der Waals surface area contributed by atoms with E-state index >= 15 is 0 Å². The smallest absolute Gasteiger partial charge is 0.323 e. The SMILES string of the molecule is CCCNc1nc(OCCC)nc(N2CCN(C)CC2)n1. The van der Waals surface area contributed by atoms with Crippen molar-refractivity contribution in [1.82, 2.24) is 19.9 Å². The van der Waals surface area contributed by atoms with Crippen molar-refractivity contribution >= 4 is 11.9 Å². The molecule has 2 rings (SSSR count). The van der Waals surface area contributed by atoms with Gasteiger partial charge in [0.05, 0.1) is 6.61 Å². The monoisotopic (exact) mass is 294 g/mol. The molecule has 7 heteroatoms. The van der Waals surface area contributed by atoms with E-state index in [1.165, 1.54) is 0 Å². The summed E-state index contributed by atoms with van der Waals surface area (Å²) in [5, 5.41) is 3.22. The number of rotatable bonds is 7. The molecule has 7 nitrogen and oxygen atoms in total. The third-order valence-corrected chi connectivity index (χ3v) is 3.36. The maximum atomic E-state index is 5.59. The van der Waals surface area contributed by atoms with Crippen molar-refractivity contribution in [3.05, 3.63) is 0 Å². The fourth-order valence-electron chi connectivity index (χ4n) is 2.07. The first kappa shape index (κ1) is 15.8. The van der Waals surface area contributed by atoms with Gasteiger partial charge in [-0.05, 0) is 19.9 Å². The molecule has 0 spiro atoms. The van der Waals surface area contributed by atoms with Gasteiger partial charge in [0.1, 0.15) is 0 Å². The molecular weight excluding hydrogens is 268 g/mol. The Morgan fingerprint density at radius 3 is 2.48 bits per heavy atom. The molecular formula is C14H26N6O. The van der Waals surface area contributed by atoms with Gasteiger partial charge < -0.3 is 19.9 Å². The summed E-state index contributed by atoms with van der Waals surface area (Å²) < 4.78 is 5.59. The van der Waals surface area contributed by atoms with Crippen molar-refractivity contribution in [2.75, 3.05) is 56.6 Å². The van der Waals surface area contributed by atoms with Gasteiger partial charge in [-0.1, -0.05) is 13.8 Å². The molecule has 1 aromatic rings. The van der Waals surface area contributed by atoms with Crippen LogP contribution in [0.5, 0.6) is 6.01 Å². The molecule has 0 atom stereocenters. The Bertz CT molecular complexity index is 407. The van der Waals surface area contributed by atoms with E-state index in [1.54, 1.807) is 0 Å². The van der Waals surface area contributed by atoms with E-state index in [2.05, 4.69) is 51.0 Å². The summed E-state index contributed by atoms with van der Waals surface area (Å²) in [5.74, 6) is 1.31. The number of piperazine rings is 1. The number of hydrogen-bond donors (Lipinski definition) is 1. The molecule has 1 aliphatic heterocycles. The molecule has 118 valence electrons. The van der Waals surface area contributed by atoms with E-state index in [4.69, 9.17) is 4.74 Å². The van der Waals surface area contributed by atoms with Gasteiger partial charge in [0.2, 0.25) is 11.9 Å². The second kappa shape index (κ2) is 7.97. The Labute approximate surface area is 126 Å². The van der Waals surface area contributed by atoms with E-state index in [-0.39, 0.29) is 0 Å². The topological polar surface area (TPSA) is 66.4 Å². The van der Waals surface area contributed by atoms with Crippen LogP contribution in [0.15, 0.2) is 0 Å². The molecule has 0 aromatic carbocycles. The number of nitrogens with one attached hydrogen (secondary N) is 1. The molecule has 1 aliphatic rings. The first-order valence-corrected chi connectivity index (χ1v) is 7.79. The lowest BCUT2D eigenvalue weighted by Crippen LogP contribution is -2.45. The molecule has 0 aliphatic carbocycles. The van der Waals surface area contributed by atoms with Crippen LogP contribution in [0.25, 0.3) is 0 Å². The Kier molecular flexibility index (Phi) is 5.98. The highest BCUT2D eigenvalue weighted by Gasteiger charge is 2.18. The van der Waals surface area contributed by atoms with Crippen molar-refractivity contribution in [3.8, 4) is 6.01 Å². The number of aromatic nitrogens is 3. The average molecular weight is 294 g/mol. The minimum atomic E-state index is 0.416. The van der Waals surface area contributed by atoms with Crippen molar-refractivity contribution in [3.63, 3.8) is 0 Å². The quantitative estimate of drug-likeness (QED) is 0.811. The van der Waals surface area contributed by atoms with Gasteiger partial charge in [-0.3, -0.25) is 0 Å². The molecule has 1 saturated heterocycles. The van der Waals surface area contributed by atoms with Gasteiger partial charge in [-0.2, -0.15) is 15.0 Å². The van der Waals surface area contributed by atoms with Crippen LogP contribution in [0.3, 0.4) is 0 Å². The summed E-state index contributed by atoms with van der Waals surface area (Å²) >= 11 is 0. The highest BCUT2D eigenvalue weighted by molar-refractivity contribution is 5.38. The standard InChI is InChI=1S/C14H26N6O/c1-4-6-15-12-16-13(18-14(17-12)21-11-5-2)20-9-7-19(3)8-10-20/h4-11H2,1-3H3,(H,15,16,17,18). The summed E-state index contributed by atoms with van der Waals surface area (Å²) in [5.41, 5.74) is 0. The second-order valence-electron chi connectivity index (χ2n) is 5.31. The zero-order valence-electron chi connectivity index (χ0n) is 13.3. The molecule has 1 N–H and O–H groups in total. The van der Waals surface area contributed by atoms with Crippen LogP contribution in [0.2, 0.25) is 0 Å². The summed E-state index contributed by atoms with van der Waals surface area (Å²) in [6.45, 7) is 9.56. The van der Waals surface area contributed by atoms with Gasteiger partial charge in [-0.25, -0.2) is 0 Å². The largest absolute Gasteiger partial charge is 0.463 e. The van der Waals surface area contributed by atoms with Crippen molar-refractivity contribution in [2.45, 2.75) is 26.7 Å². The summed E-state index contributed by atoms with van der Waals surface area (Å²) in [6, 6.07) is 0.416. The first-order chi connectivity index (χ1) is 10.2. The van der Waals surface area contributed by atoms with Crippen molar-refractivity contribution in [1.29, 1.82) is 0 Å². The van der Waals surface area contributed by atoms with E-state index in [1.807, 2.05) is 0 Å². The van der Waals surface area contributed by atoms with Crippen molar-refractivity contribution < 1.29 is 4.74 Å². The Hall–Kier alpha value is -1.63. The second-order valence-corrected chi connectivity index (χ2v) is 5.31. The Morgan fingerprint density at radius 2 is 1.81 bits per heavy atom. The molecule has 0 bridgehead atoms. The van der Waals surface area contributed by atoms with Gasteiger partial charge in [-0.15, -0.1) is 0 Å². The Balaban J connectivity index is 2.13. The third-order valence-electron chi connectivity index (χ3n) is 3.36. The molecule has 0 unspecified atom stereocenters. The summed E-state index contributed by atoms with van der Waals surface area (Å²) in [6.07, 6.45) is 1.97. The number of likely N-dealkylation sites (N-methyl/N-ethyl adjacent to an activating group) is 1. The maximum absolute atomic E-state index is 5.59. The normalized spacial score (nSPS) is 16.0. The van der Waals surface area contributed by atoms with Crippen LogP contribution < -0.4 is 15.0 Å². The highest BCUT2D eigenvalue weighted by Crippen LogP contribution is 2.16. The molecule has 0 radical (unpaired) electrons. The molecule has 0 saturated carbocycles. The van der Waals surface area contributed by atoms with Crippen LogP contribution in [0.1, 0.15) is 26.7 Å². The molecule has 21 heavy (non-hydrogen) atoms. The predicted octanol–water partition coefficient (Wildman–Crippen LogP) is 1.23. The first-order valence-electron chi connectivity index (χ1n) is 7.79. The fraction of sp³-hybridized carbons (Fsp3) is 0.786. The Morgan fingerprint density at radius 1 is 1.05 bits per heavy atom. The fourth-order valence-corrected chi connectivity index (χ4v) is 2.07. The number of nitrogens with zero attached hydrogens (tertiary/aromatic N) is 5. The third kappa shape index (κ3) is 4.70. The number of ether oxygens (including phenoxy) is 1. The number of hydrogen-bond acceptors (Lipinski definition) is 7. The van der Waals surface area contributed by atoms with Gasteiger partial charge in [0.25, 0.3) is 0 Å². The van der Waals surface area contributed by atoms with Crippen LogP contribution in [0, 0.1) is 0 Å². The lowest BCUT2D eigenvalue weighted by Gasteiger charge is -2.32. The molecule has 1 fully saturated rings. The van der Waals surface area contributed by atoms with Crippen LogP contribution in [-0.2, 0) is 0 Å². The van der Waals surface area contributed by atoms with Gasteiger partial charge >= 0.3 is 6.01 Å². The van der Waals surface area contributed by atoms with Crippen LogP contribution >= 0.6 is 0 Å². The van der Waals surface area contributed by atoms with E-state index in [0.29, 0.717) is 24.5 Å². The number of anilines is 2. The van der Waals surface area contributed by atoms with Crippen LogP contribution in [0.4, 0.5) is 11.9 Å². The van der Waals surface area contributed by atoms with Crippen LogP contribution in [-0.4, -0.2) is 66.2 Å². The zero-order chi connectivity index (χ0) is 15.1. The summed E-state index contributed by atoms with van der Waals surface area (Å²) in [7, 11) is 2.13. The molecule has 0 amide bonds. The highest BCUT2D eigenvalue weighted by atomic mass is 16.5. The lowest BCUT2D eigenvalue weighted by atomic mass is 10.3. The van der Waals surface area contributed by atoms with E-state index in [9.17, 15) is 0 Å². The zero-order valence-corrected chi connectivity index (χ0v) is 13.3. The molecule has 1 aromatic heterocycles. The average Bonchev–Trinajstić information content (AvgIpc) is 2.51. The van der Waals surface area contributed by atoms with Crippen molar-refractivity contribution in [2.24, 2.45) is 0 Å². The maximum Gasteiger partial charge on any atom is 0.323 e. The van der Waals surface area contributed by atoms with Gasteiger partial charge in [0, 0.05) is 32.7 Å². The molecule has 2 heterocycles. The predicted molar refractivity (Wildman–Crippen MR) is 84.1 cm³/mol. The minimum absolute atomic E-state index is 0.416. The van der Waals surface area contributed by atoms with Gasteiger partial charge in [0.15, 0.2) is 0 Å². The minimum Gasteiger partial charge on any atom is -0.463 e.